The molecular formula is C7H11F2N3. The summed E-state index contributed by atoms with van der Waals surface area (Å²) in [6, 6.07) is 0. The third-order valence-corrected chi connectivity index (χ3v) is 1.56. The number of hydrogen-bond acceptors (Lipinski definition) is 2. The standard InChI is InChI=1S/C7H11F2N3/c1-2-7(8,9)5-12-4-6(10)3-11-12/h3-4H,2,5,10H2,1H3. The minimum Gasteiger partial charge on any atom is -0.396 e. The van der Waals surface area contributed by atoms with E-state index in [0.717, 1.165) is 4.68 Å². The first kappa shape index (κ1) is 8.96. The van der Waals surface area contributed by atoms with E-state index in [1.165, 1.54) is 19.3 Å². The Bertz CT molecular complexity index is 257. The summed E-state index contributed by atoms with van der Waals surface area (Å²) in [4.78, 5) is 0. The third-order valence-electron chi connectivity index (χ3n) is 1.56. The van der Waals surface area contributed by atoms with Gasteiger partial charge in [-0.3, -0.25) is 4.68 Å². The summed E-state index contributed by atoms with van der Waals surface area (Å²) < 4.78 is 26.6. The lowest BCUT2D eigenvalue weighted by molar-refractivity contribution is -0.0228. The number of rotatable bonds is 3. The summed E-state index contributed by atoms with van der Waals surface area (Å²) in [5, 5.41) is 3.66. The Morgan fingerprint density at radius 3 is 2.75 bits per heavy atom. The molecule has 0 aromatic carbocycles. The van der Waals surface area contributed by atoms with Gasteiger partial charge in [-0.25, -0.2) is 8.78 Å². The van der Waals surface area contributed by atoms with Crippen molar-refractivity contribution in [2.75, 3.05) is 5.73 Å². The Kier molecular flexibility index (Phi) is 2.30. The minimum absolute atomic E-state index is 0.188. The summed E-state index contributed by atoms with van der Waals surface area (Å²) in [6.07, 6.45) is 2.56. The number of hydrogen-bond donors (Lipinski definition) is 1. The number of anilines is 1. The molecule has 0 bridgehead atoms. The van der Waals surface area contributed by atoms with Gasteiger partial charge in [-0.2, -0.15) is 5.10 Å². The van der Waals surface area contributed by atoms with Crippen molar-refractivity contribution in [3.05, 3.63) is 12.4 Å². The van der Waals surface area contributed by atoms with Crippen LogP contribution in [-0.2, 0) is 6.54 Å². The maximum atomic E-state index is 12.7. The lowest BCUT2D eigenvalue weighted by Gasteiger charge is -2.12. The highest BCUT2D eigenvalue weighted by molar-refractivity contribution is 5.30. The molecule has 0 aliphatic rings. The Hall–Kier alpha value is -1.13. The molecule has 2 N–H and O–H groups in total. The van der Waals surface area contributed by atoms with E-state index in [1.54, 1.807) is 0 Å². The maximum absolute atomic E-state index is 12.7. The average molecular weight is 175 g/mol. The van der Waals surface area contributed by atoms with Gasteiger partial charge in [-0.15, -0.1) is 0 Å². The first-order valence-electron chi connectivity index (χ1n) is 3.69. The van der Waals surface area contributed by atoms with E-state index < -0.39 is 12.5 Å². The van der Waals surface area contributed by atoms with Gasteiger partial charge in [0.1, 0.15) is 6.54 Å². The van der Waals surface area contributed by atoms with Crippen LogP contribution in [0.2, 0.25) is 0 Å². The van der Waals surface area contributed by atoms with Crippen LogP contribution in [0.15, 0.2) is 12.4 Å². The number of aromatic nitrogens is 2. The van der Waals surface area contributed by atoms with Crippen molar-refractivity contribution in [2.24, 2.45) is 0 Å². The molecule has 68 valence electrons. The smallest absolute Gasteiger partial charge is 0.267 e. The average Bonchev–Trinajstić information content (AvgIpc) is 2.35. The molecular weight excluding hydrogens is 164 g/mol. The van der Waals surface area contributed by atoms with Crippen LogP contribution in [0.3, 0.4) is 0 Å². The summed E-state index contributed by atoms with van der Waals surface area (Å²) in [7, 11) is 0. The van der Waals surface area contributed by atoms with Crippen molar-refractivity contribution < 1.29 is 8.78 Å². The molecule has 0 saturated heterocycles. The number of nitrogens with two attached hydrogens (primary N) is 1. The number of alkyl halides is 2. The van der Waals surface area contributed by atoms with Gasteiger partial charge in [-0.1, -0.05) is 6.92 Å². The minimum atomic E-state index is -2.70. The molecule has 0 unspecified atom stereocenters. The zero-order chi connectivity index (χ0) is 9.19. The fourth-order valence-corrected chi connectivity index (χ4v) is 0.815. The summed E-state index contributed by atoms with van der Waals surface area (Å²) in [5.41, 5.74) is 5.72. The monoisotopic (exact) mass is 175 g/mol. The zero-order valence-corrected chi connectivity index (χ0v) is 6.80. The highest BCUT2D eigenvalue weighted by Gasteiger charge is 2.26. The highest BCUT2D eigenvalue weighted by atomic mass is 19.3. The maximum Gasteiger partial charge on any atom is 0.267 e. The third kappa shape index (κ3) is 2.18. The Morgan fingerprint density at radius 1 is 1.67 bits per heavy atom. The second-order valence-corrected chi connectivity index (χ2v) is 2.68. The Balaban J connectivity index is 2.63. The van der Waals surface area contributed by atoms with Crippen molar-refractivity contribution in [3.8, 4) is 0 Å². The molecule has 1 rings (SSSR count). The van der Waals surface area contributed by atoms with E-state index in [9.17, 15) is 8.78 Å². The predicted octanol–water partition coefficient (Wildman–Crippen LogP) is 1.51. The molecule has 3 nitrogen and oxygen atoms in total. The lowest BCUT2D eigenvalue weighted by Crippen LogP contribution is -2.22. The van der Waals surface area contributed by atoms with Crippen molar-refractivity contribution in [3.63, 3.8) is 0 Å². The largest absolute Gasteiger partial charge is 0.396 e. The summed E-state index contributed by atoms with van der Waals surface area (Å²) in [6.45, 7) is 1.04. The Morgan fingerprint density at radius 2 is 2.33 bits per heavy atom. The van der Waals surface area contributed by atoms with Crippen LogP contribution >= 0.6 is 0 Å². The first-order valence-corrected chi connectivity index (χ1v) is 3.69. The molecule has 1 aromatic heterocycles. The van der Waals surface area contributed by atoms with Gasteiger partial charge in [0.15, 0.2) is 0 Å². The molecule has 12 heavy (non-hydrogen) atoms. The van der Waals surface area contributed by atoms with Gasteiger partial charge in [0.05, 0.1) is 11.9 Å². The van der Waals surface area contributed by atoms with E-state index in [-0.39, 0.29) is 6.42 Å². The SMILES string of the molecule is CCC(F)(F)Cn1cc(N)cn1. The van der Waals surface area contributed by atoms with Crippen molar-refractivity contribution in [1.29, 1.82) is 0 Å². The molecule has 1 aromatic rings. The molecule has 0 atom stereocenters. The topological polar surface area (TPSA) is 43.8 Å². The molecule has 0 radical (unpaired) electrons. The second kappa shape index (κ2) is 3.08. The fraction of sp³-hybridized carbons (Fsp3) is 0.571. The van der Waals surface area contributed by atoms with Gasteiger partial charge < -0.3 is 5.73 Å². The fourth-order valence-electron chi connectivity index (χ4n) is 0.815. The van der Waals surface area contributed by atoms with Gasteiger partial charge in [0, 0.05) is 12.6 Å². The Labute approximate surface area is 69.2 Å². The lowest BCUT2D eigenvalue weighted by atomic mass is 10.2. The second-order valence-electron chi connectivity index (χ2n) is 2.68. The van der Waals surface area contributed by atoms with Crippen LogP contribution in [0.25, 0.3) is 0 Å². The van der Waals surface area contributed by atoms with Crippen molar-refractivity contribution in [1.82, 2.24) is 9.78 Å². The molecule has 0 aliphatic carbocycles. The molecule has 0 fully saturated rings. The highest BCUT2D eigenvalue weighted by Crippen LogP contribution is 2.19. The van der Waals surface area contributed by atoms with Gasteiger partial charge in [-0.05, 0) is 0 Å². The molecule has 0 aliphatic heterocycles. The summed E-state index contributed by atoms with van der Waals surface area (Å²) >= 11 is 0. The number of nitrogen functional groups attached to an aromatic ring is 1. The normalized spacial score (nSPS) is 11.9. The number of halogens is 2. The van der Waals surface area contributed by atoms with E-state index in [0.29, 0.717) is 5.69 Å². The van der Waals surface area contributed by atoms with Crippen LogP contribution in [0.4, 0.5) is 14.5 Å². The van der Waals surface area contributed by atoms with Gasteiger partial charge in [0.2, 0.25) is 0 Å². The van der Waals surface area contributed by atoms with Crippen LogP contribution in [0, 0.1) is 0 Å². The van der Waals surface area contributed by atoms with Gasteiger partial charge in [0.25, 0.3) is 5.92 Å². The summed E-state index contributed by atoms with van der Waals surface area (Å²) in [5.74, 6) is -2.70. The first-order chi connectivity index (χ1) is 5.53. The van der Waals surface area contributed by atoms with E-state index in [1.807, 2.05) is 0 Å². The molecule has 0 amide bonds. The molecule has 0 saturated carbocycles. The van der Waals surface area contributed by atoms with Crippen molar-refractivity contribution in [2.45, 2.75) is 25.8 Å². The number of nitrogens with zero attached hydrogens (tertiary/aromatic N) is 2. The van der Waals surface area contributed by atoms with Crippen molar-refractivity contribution >= 4 is 5.69 Å². The van der Waals surface area contributed by atoms with E-state index >= 15 is 0 Å². The zero-order valence-electron chi connectivity index (χ0n) is 6.80. The van der Waals surface area contributed by atoms with Crippen LogP contribution in [-0.4, -0.2) is 15.7 Å². The molecule has 5 heteroatoms. The van der Waals surface area contributed by atoms with E-state index in [2.05, 4.69) is 5.10 Å². The quantitative estimate of drug-likeness (QED) is 0.756. The van der Waals surface area contributed by atoms with Crippen LogP contribution in [0.5, 0.6) is 0 Å². The van der Waals surface area contributed by atoms with Gasteiger partial charge >= 0.3 is 0 Å². The van der Waals surface area contributed by atoms with Crippen LogP contribution < -0.4 is 5.73 Å². The van der Waals surface area contributed by atoms with Crippen LogP contribution in [0.1, 0.15) is 13.3 Å². The predicted molar refractivity (Wildman–Crippen MR) is 41.9 cm³/mol. The van der Waals surface area contributed by atoms with E-state index in [4.69, 9.17) is 5.73 Å². The molecule has 1 heterocycles. The molecule has 0 spiro atoms.